The van der Waals surface area contributed by atoms with Crippen LogP contribution in [0.25, 0.3) is 0 Å². The molecule has 0 bridgehead atoms. The molecule has 0 saturated heterocycles. The maximum absolute atomic E-state index is 7.16. The van der Waals surface area contributed by atoms with E-state index in [1.165, 1.54) is 32.1 Å². The Bertz CT molecular complexity index is 207. The van der Waals surface area contributed by atoms with Gasteiger partial charge in [-0.05, 0) is 58.0 Å². The lowest BCUT2D eigenvalue weighted by molar-refractivity contribution is 0.168. The minimum absolute atomic E-state index is 0.328. The minimum atomic E-state index is 0.328. The summed E-state index contributed by atoms with van der Waals surface area (Å²) in [5.41, 5.74) is 5.34. The van der Waals surface area contributed by atoms with Gasteiger partial charge < -0.3 is 10.6 Å². The second-order valence-corrected chi connectivity index (χ2v) is 5.38. The van der Waals surface area contributed by atoms with Gasteiger partial charge in [-0.2, -0.15) is 0 Å². The number of hydrogen-bond donors (Lipinski definition) is 2. The van der Waals surface area contributed by atoms with E-state index in [2.05, 4.69) is 18.9 Å². The Morgan fingerprint density at radius 2 is 1.88 bits per heavy atom. The lowest BCUT2D eigenvalue weighted by Gasteiger charge is -2.33. The molecule has 16 heavy (non-hydrogen) atoms. The molecule has 1 rings (SSSR count). The highest BCUT2D eigenvalue weighted by Crippen LogP contribution is 2.26. The van der Waals surface area contributed by atoms with Crippen molar-refractivity contribution in [1.29, 1.82) is 5.41 Å². The molecule has 0 heterocycles. The van der Waals surface area contributed by atoms with Crippen LogP contribution in [0.2, 0.25) is 0 Å². The van der Waals surface area contributed by atoms with E-state index in [0.29, 0.717) is 5.84 Å². The zero-order valence-corrected chi connectivity index (χ0v) is 10.8. The molecule has 0 spiro atoms. The minimum Gasteiger partial charge on any atom is -0.388 e. The van der Waals surface area contributed by atoms with Crippen LogP contribution in [-0.2, 0) is 0 Å². The highest BCUT2D eigenvalue weighted by atomic mass is 15.1. The second kappa shape index (κ2) is 6.89. The van der Waals surface area contributed by atoms with Crippen molar-refractivity contribution in [3.8, 4) is 0 Å². The van der Waals surface area contributed by atoms with Gasteiger partial charge in [0, 0.05) is 12.5 Å². The first-order valence-electron chi connectivity index (χ1n) is 6.62. The van der Waals surface area contributed by atoms with Crippen LogP contribution >= 0.6 is 0 Å². The second-order valence-electron chi connectivity index (χ2n) is 5.38. The SMILES string of the molecule is CC1CCC(N(C)CCCCC(=N)N)CC1. The van der Waals surface area contributed by atoms with Crippen LogP contribution in [0.15, 0.2) is 0 Å². The van der Waals surface area contributed by atoms with Gasteiger partial charge in [-0.15, -0.1) is 0 Å². The third-order valence-electron chi connectivity index (χ3n) is 3.82. The zero-order valence-electron chi connectivity index (χ0n) is 10.8. The van der Waals surface area contributed by atoms with Crippen LogP contribution in [0.3, 0.4) is 0 Å². The lowest BCUT2D eigenvalue weighted by Crippen LogP contribution is -2.35. The van der Waals surface area contributed by atoms with Gasteiger partial charge in [-0.1, -0.05) is 6.92 Å². The van der Waals surface area contributed by atoms with Gasteiger partial charge in [-0.3, -0.25) is 5.41 Å². The average molecular weight is 225 g/mol. The standard InChI is InChI=1S/C13H27N3/c1-11-6-8-12(9-7-11)16(2)10-4-3-5-13(14)15/h11-12H,3-10H2,1-2H3,(H3,14,15). The Morgan fingerprint density at radius 3 is 2.44 bits per heavy atom. The van der Waals surface area contributed by atoms with Gasteiger partial charge >= 0.3 is 0 Å². The Kier molecular flexibility index (Phi) is 5.81. The van der Waals surface area contributed by atoms with Crippen molar-refractivity contribution in [2.45, 2.75) is 57.9 Å². The fourth-order valence-corrected chi connectivity index (χ4v) is 2.54. The van der Waals surface area contributed by atoms with Gasteiger partial charge in [-0.25, -0.2) is 0 Å². The first kappa shape index (κ1) is 13.5. The van der Waals surface area contributed by atoms with E-state index in [9.17, 15) is 0 Å². The molecule has 3 nitrogen and oxygen atoms in total. The Labute approximate surface area is 99.9 Å². The summed E-state index contributed by atoms with van der Waals surface area (Å²) in [5, 5.41) is 7.16. The number of rotatable bonds is 6. The molecule has 0 radical (unpaired) electrons. The third kappa shape index (κ3) is 4.97. The van der Waals surface area contributed by atoms with Crippen molar-refractivity contribution >= 4 is 5.84 Å². The number of nitrogens with one attached hydrogen (secondary N) is 1. The smallest absolute Gasteiger partial charge is 0.0905 e. The first-order chi connectivity index (χ1) is 7.59. The molecule has 1 aliphatic rings. The molecule has 0 atom stereocenters. The molecule has 0 aliphatic heterocycles. The van der Waals surface area contributed by atoms with Gasteiger partial charge in [0.1, 0.15) is 0 Å². The molecule has 1 aliphatic carbocycles. The van der Waals surface area contributed by atoms with Crippen LogP contribution in [-0.4, -0.2) is 30.4 Å². The Hall–Kier alpha value is -0.570. The molecule has 1 fully saturated rings. The average Bonchev–Trinajstić information content (AvgIpc) is 2.25. The molecule has 0 aromatic heterocycles. The summed E-state index contributed by atoms with van der Waals surface area (Å²) in [6, 6.07) is 0.800. The first-order valence-corrected chi connectivity index (χ1v) is 6.62. The molecule has 0 aromatic rings. The maximum Gasteiger partial charge on any atom is 0.0905 e. The van der Waals surface area contributed by atoms with Crippen LogP contribution in [0.4, 0.5) is 0 Å². The van der Waals surface area contributed by atoms with E-state index in [4.69, 9.17) is 11.1 Å². The number of nitrogens with two attached hydrogens (primary N) is 1. The summed E-state index contributed by atoms with van der Waals surface area (Å²) in [5.74, 6) is 1.26. The van der Waals surface area contributed by atoms with E-state index < -0.39 is 0 Å². The lowest BCUT2D eigenvalue weighted by atomic mass is 9.87. The number of unbranched alkanes of at least 4 members (excludes halogenated alkanes) is 1. The predicted octanol–water partition coefficient (Wildman–Crippen LogP) is 2.60. The van der Waals surface area contributed by atoms with Gasteiger partial charge in [0.25, 0.3) is 0 Å². The molecule has 94 valence electrons. The highest BCUT2D eigenvalue weighted by molar-refractivity contribution is 5.76. The number of nitrogens with zero attached hydrogens (tertiary/aromatic N) is 1. The molecule has 1 saturated carbocycles. The zero-order chi connectivity index (χ0) is 12.0. The summed E-state index contributed by atoms with van der Waals surface area (Å²) >= 11 is 0. The van der Waals surface area contributed by atoms with Crippen LogP contribution in [0, 0.1) is 11.3 Å². The van der Waals surface area contributed by atoms with Crippen molar-refractivity contribution < 1.29 is 0 Å². The fraction of sp³-hybridized carbons (Fsp3) is 0.923. The molecule has 3 N–H and O–H groups in total. The topological polar surface area (TPSA) is 53.1 Å². The molecule has 3 heteroatoms. The van der Waals surface area contributed by atoms with Crippen molar-refractivity contribution in [1.82, 2.24) is 4.90 Å². The van der Waals surface area contributed by atoms with Gasteiger partial charge in [0.15, 0.2) is 0 Å². The largest absolute Gasteiger partial charge is 0.388 e. The fourth-order valence-electron chi connectivity index (χ4n) is 2.54. The van der Waals surface area contributed by atoms with E-state index >= 15 is 0 Å². The normalized spacial score (nSPS) is 25.9. The highest BCUT2D eigenvalue weighted by Gasteiger charge is 2.20. The molecular weight excluding hydrogens is 198 g/mol. The Balaban J connectivity index is 2.10. The van der Waals surface area contributed by atoms with Crippen LogP contribution in [0.5, 0.6) is 0 Å². The van der Waals surface area contributed by atoms with Crippen molar-refractivity contribution in [3.05, 3.63) is 0 Å². The summed E-state index contributed by atoms with van der Waals surface area (Å²) in [7, 11) is 2.24. The van der Waals surface area contributed by atoms with E-state index in [1.807, 2.05) is 0 Å². The Morgan fingerprint density at radius 1 is 1.25 bits per heavy atom. The van der Waals surface area contributed by atoms with E-state index in [1.54, 1.807) is 0 Å². The summed E-state index contributed by atoms with van der Waals surface area (Å²) in [6.07, 6.45) is 8.50. The third-order valence-corrected chi connectivity index (χ3v) is 3.82. The quantitative estimate of drug-likeness (QED) is 0.415. The van der Waals surface area contributed by atoms with Crippen molar-refractivity contribution in [2.24, 2.45) is 11.7 Å². The molecule has 0 aromatic carbocycles. The monoisotopic (exact) mass is 225 g/mol. The van der Waals surface area contributed by atoms with Gasteiger partial charge in [0.05, 0.1) is 5.84 Å². The van der Waals surface area contributed by atoms with Crippen molar-refractivity contribution in [2.75, 3.05) is 13.6 Å². The van der Waals surface area contributed by atoms with Gasteiger partial charge in [0.2, 0.25) is 0 Å². The number of amidine groups is 1. The summed E-state index contributed by atoms with van der Waals surface area (Å²) in [4.78, 5) is 2.51. The maximum atomic E-state index is 7.16. The summed E-state index contributed by atoms with van der Waals surface area (Å²) < 4.78 is 0. The van der Waals surface area contributed by atoms with E-state index in [0.717, 1.165) is 31.3 Å². The molecule has 0 amide bonds. The van der Waals surface area contributed by atoms with E-state index in [-0.39, 0.29) is 0 Å². The predicted molar refractivity (Wildman–Crippen MR) is 69.8 cm³/mol. The number of hydrogen-bond acceptors (Lipinski definition) is 2. The van der Waals surface area contributed by atoms with Crippen LogP contribution in [0.1, 0.15) is 51.9 Å². The van der Waals surface area contributed by atoms with Crippen molar-refractivity contribution in [3.63, 3.8) is 0 Å². The summed E-state index contributed by atoms with van der Waals surface area (Å²) in [6.45, 7) is 3.52. The molecular formula is C13H27N3. The van der Waals surface area contributed by atoms with Crippen LogP contribution < -0.4 is 5.73 Å². The molecule has 0 unspecified atom stereocenters.